The van der Waals surface area contributed by atoms with Gasteiger partial charge in [0, 0.05) is 12.3 Å². The van der Waals surface area contributed by atoms with E-state index in [1.807, 2.05) is 6.92 Å². The van der Waals surface area contributed by atoms with E-state index in [2.05, 4.69) is 5.32 Å². The first-order chi connectivity index (χ1) is 9.20. The van der Waals surface area contributed by atoms with Gasteiger partial charge in [0.2, 0.25) is 5.91 Å². The number of rotatable bonds is 5. The smallest absolute Gasteiger partial charge is 0.229 e. The highest BCUT2D eigenvalue weighted by molar-refractivity contribution is 6.32. The Morgan fingerprint density at radius 3 is 3.05 bits per heavy atom. The highest BCUT2D eigenvalue weighted by atomic mass is 35.5. The predicted molar refractivity (Wildman–Crippen MR) is 74.8 cm³/mol. The fourth-order valence-electron chi connectivity index (χ4n) is 1.89. The van der Waals surface area contributed by atoms with Crippen LogP contribution in [0.25, 0.3) is 0 Å². The lowest BCUT2D eigenvalue weighted by molar-refractivity contribution is -0.119. The fraction of sp³-hybridized carbons (Fsp3) is 0.500. The van der Waals surface area contributed by atoms with E-state index < -0.39 is 0 Å². The van der Waals surface area contributed by atoms with E-state index >= 15 is 0 Å². The molecule has 0 aliphatic carbocycles. The van der Waals surface area contributed by atoms with E-state index in [4.69, 9.17) is 21.1 Å². The first-order valence-electron chi connectivity index (χ1n) is 6.51. The minimum absolute atomic E-state index is 0.0178. The molecule has 0 spiro atoms. The van der Waals surface area contributed by atoms with Gasteiger partial charge < -0.3 is 14.8 Å². The van der Waals surface area contributed by atoms with Crippen molar-refractivity contribution in [3.8, 4) is 5.75 Å². The van der Waals surface area contributed by atoms with Crippen molar-refractivity contribution in [2.75, 3.05) is 25.1 Å². The van der Waals surface area contributed by atoms with Gasteiger partial charge in [0.15, 0.2) is 0 Å². The topological polar surface area (TPSA) is 47.6 Å². The lowest BCUT2D eigenvalue weighted by Crippen LogP contribution is -2.22. The Bertz CT molecular complexity index is 444. The number of ether oxygens (including phenoxy) is 2. The first-order valence-corrected chi connectivity index (χ1v) is 6.89. The number of nitrogens with one attached hydrogen (secondary N) is 1. The molecule has 1 aromatic carbocycles. The summed E-state index contributed by atoms with van der Waals surface area (Å²) in [6, 6.07) is 5.28. The van der Waals surface area contributed by atoms with Gasteiger partial charge in [-0.05, 0) is 31.0 Å². The molecule has 0 bridgehead atoms. The molecule has 1 saturated heterocycles. The van der Waals surface area contributed by atoms with Crippen molar-refractivity contribution in [3.63, 3.8) is 0 Å². The summed E-state index contributed by atoms with van der Waals surface area (Å²) in [7, 11) is 0. The molecule has 2 rings (SSSR count). The van der Waals surface area contributed by atoms with Gasteiger partial charge in [-0.15, -0.1) is 0 Å². The van der Waals surface area contributed by atoms with Gasteiger partial charge in [0.05, 0.1) is 24.2 Å². The molecular weight excluding hydrogens is 266 g/mol. The van der Waals surface area contributed by atoms with Crippen LogP contribution < -0.4 is 10.1 Å². The maximum Gasteiger partial charge on any atom is 0.229 e. The van der Waals surface area contributed by atoms with Crippen LogP contribution in [-0.4, -0.2) is 25.7 Å². The Balaban J connectivity index is 1.97. The van der Waals surface area contributed by atoms with Gasteiger partial charge in [-0.1, -0.05) is 18.5 Å². The molecule has 0 aromatic heterocycles. The quantitative estimate of drug-likeness (QED) is 0.903. The third-order valence-electron chi connectivity index (χ3n) is 2.96. The number of hydrogen-bond donors (Lipinski definition) is 1. The van der Waals surface area contributed by atoms with Crippen LogP contribution in [0.15, 0.2) is 18.2 Å². The van der Waals surface area contributed by atoms with Gasteiger partial charge in [-0.3, -0.25) is 4.79 Å². The minimum atomic E-state index is -0.0604. The van der Waals surface area contributed by atoms with Crippen molar-refractivity contribution in [2.45, 2.75) is 19.8 Å². The molecule has 104 valence electrons. The van der Waals surface area contributed by atoms with Gasteiger partial charge in [-0.25, -0.2) is 0 Å². The molecule has 1 aliphatic rings. The number of carbonyl (C=O) groups is 1. The molecule has 1 aromatic rings. The zero-order chi connectivity index (χ0) is 13.7. The number of hydrogen-bond acceptors (Lipinski definition) is 3. The molecule has 1 N–H and O–H groups in total. The fourth-order valence-corrected chi connectivity index (χ4v) is 2.13. The van der Waals surface area contributed by atoms with Crippen molar-refractivity contribution in [3.05, 3.63) is 23.2 Å². The van der Waals surface area contributed by atoms with Crippen LogP contribution in [0.1, 0.15) is 19.8 Å². The monoisotopic (exact) mass is 283 g/mol. The van der Waals surface area contributed by atoms with E-state index in [1.54, 1.807) is 18.2 Å². The van der Waals surface area contributed by atoms with Crippen LogP contribution in [-0.2, 0) is 9.53 Å². The maximum atomic E-state index is 11.9. The summed E-state index contributed by atoms with van der Waals surface area (Å²) in [5.41, 5.74) is 0.686. The van der Waals surface area contributed by atoms with Crippen molar-refractivity contribution in [2.24, 2.45) is 5.92 Å². The van der Waals surface area contributed by atoms with Gasteiger partial charge >= 0.3 is 0 Å². The predicted octanol–water partition coefficient (Wildman–Crippen LogP) is 3.10. The van der Waals surface area contributed by atoms with E-state index in [0.29, 0.717) is 36.3 Å². The molecule has 1 heterocycles. The van der Waals surface area contributed by atoms with E-state index in [0.717, 1.165) is 12.8 Å². The van der Waals surface area contributed by atoms with Crippen molar-refractivity contribution in [1.82, 2.24) is 0 Å². The maximum absolute atomic E-state index is 11.9. The largest absolute Gasteiger partial charge is 0.492 e. The van der Waals surface area contributed by atoms with Crippen LogP contribution in [0.2, 0.25) is 5.02 Å². The van der Waals surface area contributed by atoms with Crippen LogP contribution in [0.3, 0.4) is 0 Å². The molecular formula is C14H18ClNO3. The summed E-state index contributed by atoms with van der Waals surface area (Å²) in [5.74, 6) is 0.566. The molecule has 1 amide bonds. The van der Waals surface area contributed by atoms with E-state index in [-0.39, 0.29) is 11.8 Å². The first kappa shape index (κ1) is 14.2. The average molecular weight is 284 g/mol. The zero-order valence-electron chi connectivity index (χ0n) is 10.9. The van der Waals surface area contributed by atoms with Crippen LogP contribution >= 0.6 is 11.6 Å². The Morgan fingerprint density at radius 1 is 1.58 bits per heavy atom. The van der Waals surface area contributed by atoms with E-state index in [1.165, 1.54) is 0 Å². The number of halogens is 1. The normalized spacial score (nSPS) is 18.3. The van der Waals surface area contributed by atoms with Crippen molar-refractivity contribution >= 4 is 23.2 Å². The lowest BCUT2D eigenvalue weighted by atomic mass is 10.1. The molecule has 1 unspecified atom stereocenters. The zero-order valence-corrected chi connectivity index (χ0v) is 11.7. The summed E-state index contributed by atoms with van der Waals surface area (Å²) >= 11 is 6.11. The second kappa shape index (κ2) is 6.78. The number of amides is 1. The molecule has 0 radical (unpaired) electrons. The summed E-state index contributed by atoms with van der Waals surface area (Å²) in [4.78, 5) is 11.9. The highest BCUT2D eigenvalue weighted by Gasteiger charge is 2.23. The summed E-state index contributed by atoms with van der Waals surface area (Å²) < 4.78 is 10.7. The Kier molecular flexibility index (Phi) is 5.05. The second-order valence-electron chi connectivity index (χ2n) is 4.54. The SMILES string of the molecule is CCCOc1ccc(NC(=O)C2CCOC2)cc1Cl. The number of anilines is 1. The Labute approximate surface area is 118 Å². The van der Waals surface area contributed by atoms with Crippen LogP contribution in [0.4, 0.5) is 5.69 Å². The van der Waals surface area contributed by atoms with Gasteiger partial charge in [-0.2, -0.15) is 0 Å². The summed E-state index contributed by atoms with van der Waals surface area (Å²) in [5, 5.41) is 3.36. The Morgan fingerprint density at radius 2 is 2.42 bits per heavy atom. The number of carbonyl (C=O) groups excluding carboxylic acids is 1. The molecule has 0 saturated carbocycles. The molecule has 1 aliphatic heterocycles. The molecule has 4 nitrogen and oxygen atoms in total. The summed E-state index contributed by atoms with van der Waals surface area (Å²) in [6.07, 6.45) is 1.70. The number of benzene rings is 1. The van der Waals surface area contributed by atoms with Crippen molar-refractivity contribution < 1.29 is 14.3 Å². The van der Waals surface area contributed by atoms with Gasteiger partial charge in [0.1, 0.15) is 5.75 Å². The van der Waals surface area contributed by atoms with Gasteiger partial charge in [0.25, 0.3) is 0 Å². The Hall–Kier alpha value is -1.26. The minimum Gasteiger partial charge on any atom is -0.492 e. The summed E-state index contributed by atoms with van der Waals surface area (Å²) in [6.45, 7) is 3.82. The lowest BCUT2D eigenvalue weighted by Gasteiger charge is -2.11. The standard InChI is InChI=1S/C14H18ClNO3/c1-2-6-19-13-4-3-11(8-12(13)15)16-14(17)10-5-7-18-9-10/h3-4,8,10H,2,5-7,9H2,1H3,(H,16,17). The van der Waals surface area contributed by atoms with Crippen molar-refractivity contribution in [1.29, 1.82) is 0 Å². The second-order valence-corrected chi connectivity index (χ2v) is 4.95. The molecule has 1 fully saturated rings. The average Bonchev–Trinajstić information content (AvgIpc) is 2.92. The third-order valence-corrected chi connectivity index (χ3v) is 3.26. The van der Waals surface area contributed by atoms with E-state index in [9.17, 15) is 4.79 Å². The molecule has 5 heteroatoms. The van der Waals surface area contributed by atoms with Crippen LogP contribution in [0.5, 0.6) is 5.75 Å². The molecule has 1 atom stereocenters. The van der Waals surface area contributed by atoms with Crippen LogP contribution in [0, 0.1) is 5.92 Å². The highest BCUT2D eigenvalue weighted by Crippen LogP contribution is 2.28. The third kappa shape index (κ3) is 3.85. The molecule has 19 heavy (non-hydrogen) atoms.